The zero-order chi connectivity index (χ0) is 25.8. The van der Waals surface area contributed by atoms with E-state index in [0.29, 0.717) is 20.6 Å². The summed E-state index contributed by atoms with van der Waals surface area (Å²) in [5, 5.41) is 4.00. The smallest absolute Gasteiger partial charge is 0.243 e. The predicted molar refractivity (Wildman–Crippen MR) is 136 cm³/mol. The monoisotopic (exact) mass is 547 g/mol. The number of benzene rings is 2. The summed E-state index contributed by atoms with van der Waals surface area (Å²) in [7, 11) is -2.66. The van der Waals surface area contributed by atoms with Crippen molar-refractivity contribution in [2.24, 2.45) is 0 Å². The first-order valence-electron chi connectivity index (χ1n) is 10.4. The Morgan fingerprint density at radius 2 is 1.56 bits per heavy atom. The highest BCUT2D eigenvalue weighted by atomic mass is 35.5. The standard InChI is InChI=1S/C23H28Cl3N3O4S/c1-15(22(31)27-23(2,3)4)29(13-16-6-7-18(25)12-20(16)26)21(30)14-28(5)34(32,33)19-10-8-17(24)9-11-19/h6-12,15H,13-14H2,1-5H3,(H,27,31). The molecule has 0 aromatic heterocycles. The number of halogens is 3. The Bertz CT molecular complexity index is 1150. The van der Waals surface area contributed by atoms with Gasteiger partial charge in [-0.25, -0.2) is 8.42 Å². The number of carbonyl (C=O) groups excluding carboxylic acids is 2. The van der Waals surface area contributed by atoms with Crippen molar-refractivity contribution in [2.75, 3.05) is 13.6 Å². The van der Waals surface area contributed by atoms with Gasteiger partial charge in [-0.15, -0.1) is 0 Å². The van der Waals surface area contributed by atoms with Crippen molar-refractivity contribution in [1.82, 2.24) is 14.5 Å². The van der Waals surface area contributed by atoms with Crippen LogP contribution in [0.1, 0.15) is 33.3 Å². The second kappa shape index (κ2) is 11.3. The third kappa shape index (κ3) is 7.58. The van der Waals surface area contributed by atoms with Crippen LogP contribution in [0.5, 0.6) is 0 Å². The van der Waals surface area contributed by atoms with Gasteiger partial charge in [0.2, 0.25) is 21.8 Å². The SMILES string of the molecule is CC(C(=O)NC(C)(C)C)N(Cc1ccc(Cl)cc1Cl)C(=O)CN(C)S(=O)(=O)c1ccc(Cl)cc1. The number of carbonyl (C=O) groups is 2. The Morgan fingerprint density at radius 3 is 2.09 bits per heavy atom. The molecule has 186 valence electrons. The third-order valence-corrected chi connectivity index (χ3v) is 7.56. The molecule has 2 aromatic carbocycles. The minimum absolute atomic E-state index is 0.00183. The number of nitrogens with zero attached hydrogens (tertiary/aromatic N) is 2. The molecule has 1 unspecified atom stereocenters. The van der Waals surface area contributed by atoms with Crippen LogP contribution in [0.3, 0.4) is 0 Å². The summed E-state index contributed by atoms with van der Waals surface area (Å²) in [5.41, 5.74) is 0.0465. The maximum atomic E-state index is 13.3. The van der Waals surface area contributed by atoms with Gasteiger partial charge in [-0.2, -0.15) is 4.31 Å². The fourth-order valence-electron chi connectivity index (χ4n) is 3.04. The molecular weight excluding hydrogens is 521 g/mol. The van der Waals surface area contributed by atoms with E-state index in [4.69, 9.17) is 34.8 Å². The summed E-state index contributed by atoms with van der Waals surface area (Å²) in [4.78, 5) is 27.5. The molecule has 1 atom stereocenters. The minimum atomic E-state index is -3.96. The van der Waals surface area contributed by atoms with E-state index >= 15 is 0 Å². The van der Waals surface area contributed by atoms with Gasteiger partial charge in [-0.3, -0.25) is 9.59 Å². The van der Waals surface area contributed by atoms with Crippen molar-refractivity contribution in [3.05, 3.63) is 63.1 Å². The predicted octanol–water partition coefficient (Wildman–Crippen LogP) is 4.60. The van der Waals surface area contributed by atoms with Crippen molar-refractivity contribution in [2.45, 2.75) is 50.7 Å². The van der Waals surface area contributed by atoms with E-state index in [-0.39, 0.29) is 17.3 Å². The molecule has 0 saturated heterocycles. The molecule has 2 rings (SSSR count). The fraction of sp³-hybridized carbons (Fsp3) is 0.391. The molecule has 7 nitrogen and oxygen atoms in total. The number of rotatable bonds is 8. The fourth-order valence-corrected chi connectivity index (χ4v) is 4.76. The van der Waals surface area contributed by atoms with E-state index in [1.807, 2.05) is 20.8 Å². The molecule has 0 bridgehead atoms. The average Bonchev–Trinajstić information content (AvgIpc) is 2.71. The van der Waals surface area contributed by atoms with Gasteiger partial charge in [-0.1, -0.05) is 40.9 Å². The molecule has 2 aromatic rings. The van der Waals surface area contributed by atoms with Crippen molar-refractivity contribution in [3.63, 3.8) is 0 Å². The van der Waals surface area contributed by atoms with Crippen LogP contribution in [0.15, 0.2) is 47.4 Å². The Hall–Kier alpha value is -1.84. The molecule has 0 aliphatic rings. The van der Waals surface area contributed by atoms with Gasteiger partial charge in [-0.05, 0) is 69.7 Å². The van der Waals surface area contributed by atoms with E-state index in [2.05, 4.69) is 5.32 Å². The van der Waals surface area contributed by atoms with Crippen LogP contribution in [-0.2, 0) is 26.2 Å². The largest absolute Gasteiger partial charge is 0.350 e. The molecule has 2 amide bonds. The molecule has 0 heterocycles. The summed E-state index contributed by atoms with van der Waals surface area (Å²) in [6.45, 7) is 6.56. The van der Waals surface area contributed by atoms with Crippen LogP contribution in [0.4, 0.5) is 0 Å². The van der Waals surface area contributed by atoms with Crippen LogP contribution in [0.25, 0.3) is 0 Å². The van der Waals surface area contributed by atoms with Crippen LogP contribution in [0, 0.1) is 0 Å². The summed E-state index contributed by atoms with van der Waals surface area (Å²) in [6.07, 6.45) is 0. The van der Waals surface area contributed by atoms with Crippen LogP contribution in [-0.4, -0.2) is 54.6 Å². The molecule has 11 heteroatoms. The number of likely N-dealkylation sites (N-methyl/N-ethyl adjacent to an activating group) is 1. The Balaban J connectivity index is 2.33. The quantitative estimate of drug-likeness (QED) is 0.522. The summed E-state index contributed by atoms with van der Waals surface area (Å²) in [5.74, 6) is -0.947. The average molecular weight is 549 g/mol. The van der Waals surface area contributed by atoms with E-state index < -0.39 is 34.1 Å². The number of hydrogen-bond donors (Lipinski definition) is 1. The highest BCUT2D eigenvalue weighted by molar-refractivity contribution is 7.89. The molecule has 1 N–H and O–H groups in total. The normalized spacial score (nSPS) is 13.0. The second-order valence-corrected chi connectivity index (χ2v) is 12.2. The van der Waals surface area contributed by atoms with Crippen LogP contribution in [0.2, 0.25) is 15.1 Å². The number of nitrogens with one attached hydrogen (secondary N) is 1. The molecule has 0 saturated carbocycles. The van der Waals surface area contributed by atoms with Crippen LogP contribution < -0.4 is 5.32 Å². The molecule has 0 fully saturated rings. The topological polar surface area (TPSA) is 86.8 Å². The van der Waals surface area contributed by atoms with Gasteiger partial charge in [0.15, 0.2) is 0 Å². The van der Waals surface area contributed by atoms with Crippen LogP contribution >= 0.6 is 34.8 Å². The zero-order valence-corrected chi connectivity index (χ0v) is 22.7. The summed E-state index contributed by atoms with van der Waals surface area (Å²) >= 11 is 18.1. The van der Waals surface area contributed by atoms with E-state index in [0.717, 1.165) is 4.31 Å². The molecule has 34 heavy (non-hydrogen) atoms. The zero-order valence-electron chi connectivity index (χ0n) is 19.6. The Labute approximate surface area is 216 Å². The van der Waals surface area contributed by atoms with Crippen molar-refractivity contribution in [3.8, 4) is 0 Å². The van der Waals surface area contributed by atoms with E-state index in [1.54, 1.807) is 19.1 Å². The third-order valence-electron chi connectivity index (χ3n) is 4.90. The van der Waals surface area contributed by atoms with Gasteiger partial charge in [0, 0.05) is 34.2 Å². The lowest BCUT2D eigenvalue weighted by Crippen LogP contribution is -2.54. The first-order valence-corrected chi connectivity index (χ1v) is 13.0. The molecule has 0 aliphatic carbocycles. The maximum absolute atomic E-state index is 13.3. The molecular formula is C23H28Cl3N3O4S. The summed E-state index contributed by atoms with van der Waals surface area (Å²) in [6, 6.07) is 9.57. The van der Waals surface area contributed by atoms with Crippen molar-refractivity contribution >= 4 is 56.6 Å². The lowest BCUT2D eigenvalue weighted by molar-refractivity contribution is -0.141. The highest BCUT2D eigenvalue weighted by Gasteiger charge is 2.31. The van der Waals surface area contributed by atoms with E-state index in [9.17, 15) is 18.0 Å². The van der Waals surface area contributed by atoms with Gasteiger partial charge < -0.3 is 10.2 Å². The molecule has 0 aliphatic heterocycles. The van der Waals surface area contributed by atoms with Crippen molar-refractivity contribution < 1.29 is 18.0 Å². The first-order chi connectivity index (χ1) is 15.6. The Kier molecular flexibility index (Phi) is 9.41. The van der Waals surface area contributed by atoms with Gasteiger partial charge in [0.1, 0.15) is 6.04 Å². The summed E-state index contributed by atoms with van der Waals surface area (Å²) < 4.78 is 26.8. The second-order valence-electron chi connectivity index (χ2n) is 8.89. The molecule has 0 radical (unpaired) electrons. The molecule has 0 spiro atoms. The maximum Gasteiger partial charge on any atom is 0.243 e. The van der Waals surface area contributed by atoms with Gasteiger partial charge in [0.25, 0.3) is 0 Å². The number of amides is 2. The van der Waals surface area contributed by atoms with Gasteiger partial charge in [0.05, 0.1) is 11.4 Å². The number of hydrogen-bond acceptors (Lipinski definition) is 4. The van der Waals surface area contributed by atoms with Gasteiger partial charge >= 0.3 is 0 Å². The first kappa shape index (κ1) is 28.4. The highest BCUT2D eigenvalue weighted by Crippen LogP contribution is 2.24. The lowest BCUT2D eigenvalue weighted by Gasteiger charge is -2.32. The number of sulfonamides is 1. The Morgan fingerprint density at radius 1 is 1.00 bits per heavy atom. The lowest BCUT2D eigenvalue weighted by atomic mass is 10.1. The minimum Gasteiger partial charge on any atom is -0.350 e. The van der Waals surface area contributed by atoms with E-state index in [1.165, 1.54) is 42.3 Å². The van der Waals surface area contributed by atoms with Crippen molar-refractivity contribution in [1.29, 1.82) is 0 Å².